The van der Waals surface area contributed by atoms with Gasteiger partial charge >= 0.3 is 6.09 Å². The summed E-state index contributed by atoms with van der Waals surface area (Å²) < 4.78 is 44.3. The van der Waals surface area contributed by atoms with Gasteiger partial charge < -0.3 is 19.3 Å². The molecule has 0 saturated carbocycles. The fourth-order valence-corrected chi connectivity index (χ4v) is 8.67. The molecule has 15 nitrogen and oxygen atoms in total. The van der Waals surface area contributed by atoms with E-state index in [0.717, 1.165) is 41.0 Å². The van der Waals surface area contributed by atoms with Gasteiger partial charge in [-0.05, 0) is 73.6 Å². The van der Waals surface area contributed by atoms with Crippen molar-refractivity contribution in [3.05, 3.63) is 76.2 Å². The van der Waals surface area contributed by atoms with Crippen molar-refractivity contribution in [1.29, 1.82) is 0 Å². The zero-order valence-electron chi connectivity index (χ0n) is 30.5. The van der Waals surface area contributed by atoms with E-state index in [1.165, 1.54) is 36.2 Å². The maximum absolute atomic E-state index is 15.1. The van der Waals surface area contributed by atoms with Crippen LogP contribution < -0.4 is 10.2 Å². The molecule has 0 spiro atoms. The Labute approximate surface area is 319 Å². The van der Waals surface area contributed by atoms with Crippen LogP contribution in [-0.2, 0) is 38.4 Å². The van der Waals surface area contributed by atoms with Crippen LogP contribution >= 0.6 is 0 Å². The predicted octanol–water partition coefficient (Wildman–Crippen LogP) is 4.63. The van der Waals surface area contributed by atoms with E-state index in [0.29, 0.717) is 74.0 Å². The van der Waals surface area contributed by atoms with Gasteiger partial charge in [-0.3, -0.25) is 34.1 Å². The standard InChI is InChI=1S/C39H38F2N8O7/c1-55-39(54)45-12-8-30-29(20-45)35(44-49(30)23-9-13-56-14-10-23)46-11-2-3-21-15-26(27(34(40)41)17-32(21)46)22-18-42-47(19-22)24-4-5-25-28(16-24)38(53)48(37(25)52)31-6-7-33(50)43-36(31)51/h4-5,15-19,23,31,34H,2-3,6-14,20H2,1H3,(H,43,50,51). The van der Waals surface area contributed by atoms with Crippen molar-refractivity contribution in [2.75, 3.05) is 38.3 Å². The Balaban J connectivity index is 1.04. The highest BCUT2D eigenvalue weighted by Crippen LogP contribution is 2.44. The lowest BCUT2D eigenvalue weighted by atomic mass is 9.92. The maximum Gasteiger partial charge on any atom is 0.409 e. The van der Waals surface area contributed by atoms with Gasteiger partial charge in [0.05, 0.1) is 42.7 Å². The summed E-state index contributed by atoms with van der Waals surface area (Å²) in [6.45, 7) is 2.59. The lowest BCUT2D eigenvalue weighted by Gasteiger charge is -2.33. The number of methoxy groups -OCH3 is 1. The zero-order valence-corrected chi connectivity index (χ0v) is 30.5. The highest BCUT2D eigenvalue weighted by atomic mass is 19.3. The number of carbonyl (C=O) groups is 5. The van der Waals surface area contributed by atoms with Crippen molar-refractivity contribution >= 4 is 41.2 Å². The van der Waals surface area contributed by atoms with E-state index < -0.39 is 42.2 Å². The highest BCUT2D eigenvalue weighted by molar-refractivity contribution is 6.23. The molecule has 1 unspecified atom stereocenters. The molecule has 2 aromatic heterocycles. The van der Waals surface area contributed by atoms with Crippen LogP contribution in [0.1, 0.15) is 87.7 Å². The summed E-state index contributed by atoms with van der Waals surface area (Å²) in [5, 5.41) is 11.8. The Hall–Kier alpha value is -5.97. The van der Waals surface area contributed by atoms with E-state index in [1.54, 1.807) is 23.2 Å². The van der Waals surface area contributed by atoms with Crippen LogP contribution in [0.5, 0.6) is 0 Å². The van der Waals surface area contributed by atoms with Crippen molar-refractivity contribution in [2.45, 2.75) is 70.0 Å². The number of carbonyl (C=O) groups excluding carboxylic acids is 5. The number of anilines is 2. The number of ether oxygens (including phenoxy) is 2. The quantitative estimate of drug-likeness (QED) is 0.274. The lowest BCUT2D eigenvalue weighted by Crippen LogP contribution is -2.54. The molecule has 5 aliphatic rings. The smallest absolute Gasteiger partial charge is 0.409 e. The molecule has 2 fully saturated rings. The van der Waals surface area contributed by atoms with E-state index >= 15 is 8.78 Å². The minimum Gasteiger partial charge on any atom is -0.453 e. The molecule has 7 heterocycles. The summed E-state index contributed by atoms with van der Waals surface area (Å²) in [6, 6.07) is 6.90. The van der Waals surface area contributed by atoms with E-state index in [1.807, 2.05) is 4.90 Å². The summed E-state index contributed by atoms with van der Waals surface area (Å²) in [4.78, 5) is 68.0. The molecular formula is C39H38F2N8O7. The highest BCUT2D eigenvalue weighted by Gasteiger charge is 2.45. The Bertz CT molecular complexity index is 2320. The van der Waals surface area contributed by atoms with Crippen LogP contribution in [0, 0.1) is 0 Å². The van der Waals surface area contributed by atoms with Gasteiger partial charge in [0.25, 0.3) is 18.2 Å². The molecule has 5 aliphatic heterocycles. The molecule has 2 saturated heterocycles. The normalized spacial score (nSPS) is 20.0. The number of piperidine rings is 1. The van der Waals surface area contributed by atoms with Gasteiger partial charge in [-0.15, -0.1) is 0 Å². The number of rotatable bonds is 6. The molecule has 1 N–H and O–H groups in total. The Morgan fingerprint density at radius 3 is 2.54 bits per heavy atom. The molecule has 0 radical (unpaired) electrons. The molecule has 56 heavy (non-hydrogen) atoms. The zero-order chi connectivity index (χ0) is 38.8. The topological polar surface area (TPSA) is 161 Å². The Morgan fingerprint density at radius 2 is 1.77 bits per heavy atom. The summed E-state index contributed by atoms with van der Waals surface area (Å²) in [7, 11) is 1.35. The Kier molecular flexibility index (Phi) is 8.90. The fraction of sp³-hybridized carbons (Fsp3) is 0.410. The largest absolute Gasteiger partial charge is 0.453 e. The number of fused-ring (bicyclic) bond motifs is 3. The SMILES string of the molecule is COC(=O)N1CCc2c(c(N3CCCc4cc(-c5cnn(-c6ccc7c(c6)C(=O)N(C6CCC(=O)NC6=O)C7=O)c5)c(C(F)F)cc43)nn2C2CCOCC2)C1. The fourth-order valence-electron chi connectivity index (χ4n) is 8.67. The third-order valence-electron chi connectivity index (χ3n) is 11.5. The first kappa shape index (κ1) is 35.7. The predicted molar refractivity (Wildman–Crippen MR) is 194 cm³/mol. The van der Waals surface area contributed by atoms with Crippen LogP contribution in [0.25, 0.3) is 16.8 Å². The number of nitrogens with one attached hydrogen (secondary N) is 1. The summed E-state index contributed by atoms with van der Waals surface area (Å²) >= 11 is 0. The second-order valence-electron chi connectivity index (χ2n) is 14.7. The minimum atomic E-state index is -2.83. The number of aryl methyl sites for hydroxylation is 1. The molecule has 4 aromatic rings. The minimum absolute atomic E-state index is 0.00518. The Morgan fingerprint density at radius 1 is 0.964 bits per heavy atom. The number of benzene rings is 2. The third kappa shape index (κ3) is 5.91. The molecular weight excluding hydrogens is 730 g/mol. The van der Waals surface area contributed by atoms with E-state index in [-0.39, 0.29) is 35.6 Å². The second-order valence-corrected chi connectivity index (χ2v) is 14.7. The first-order valence-corrected chi connectivity index (χ1v) is 18.8. The molecule has 0 bridgehead atoms. The van der Waals surface area contributed by atoms with Crippen molar-refractivity contribution in [3.63, 3.8) is 0 Å². The van der Waals surface area contributed by atoms with Gasteiger partial charge in [0.1, 0.15) is 6.04 Å². The number of alkyl halides is 2. The van der Waals surface area contributed by atoms with Crippen molar-refractivity contribution in [3.8, 4) is 16.8 Å². The van der Waals surface area contributed by atoms with Gasteiger partial charge in [-0.25, -0.2) is 18.3 Å². The molecule has 0 aliphatic carbocycles. The summed E-state index contributed by atoms with van der Waals surface area (Å²) in [5.41, 5.74) is 4.61. The molecule has 1 atom stereocenters. The monoisotopic (exact) mass is 768 g/mol. The summed E-state index contributed by atoms with van der Waals surface area (Å²) in [6.07, 6.45) is 3.46. The van der Waals surface area contributed by atoms with Crippen LogP contribution in [-0.4, -0.2) is 98.5 Å². The lowest BCUT2D eigenvalue weighted by molar-refractivity contribution is -0.136. The van der Waals surface area contributed by atoms with Crippen molar-refractivity contribution in [2.24, 2.45) is 0 Å². The molecule has 2 aromatic carbocycles. The third-order valence-corrected chi connectivity index (χ3v) is 11.5. The first-order chi connectivity index (χ1) is 27.1. The number of nitrogens with zero attached hydrogens (tertiary/aromatic N) is 7. The van der Waals surface area contributed by atoms with Crippen LogP contribution in [0.2, 0.25) is 0 Å². The van der Waals surface area contributed by atoms with Crippen LogP contribution in [0.15, 0.2) is 42.7 Å². The van der Waals surface area contributed by atoms with E-state index in [2.05, 4.69) is 15.1 Å². The number of hydrogen-bond donors (Lipinski definition) is 1. The van der Waals surface area contributed by atoms with Gasteiger partial charge in [0.2, 0.25) is 11.8 Å². The van der Waals surface area contributed by atoms with E-state index in [9.17, 15) is 24.0 Å². The van der Waals surface area contributed by atoms with Gasteiger partial charge in [-0.2, -0.15) is 10.2 Å². The maximum atomic E-state index is 15.1. The molecule has 17 heteroatoms. The van der Waals surface area contributed by atoms with Crippen LogP contribution in [0.3, 0.4) is 0 Å². The van der Waals surface area contributed by atoms with Crippen molar-refractivity contribution in [1.82, 2.24) is 34.7 Å². The first-order valence-electron chi connectivity index (χ1n) is 18.8. The van der Waals surface area contributed by atoms with Gasteiger partial charge in [0, 0.05) is 73.4 Å². The second kappa shape index (κ2) is 14.0. The number of hydrogen-bond acceptors (Lipinski definition) is 10. The average molecular weight is 769 g/mol. The number of imide groups is 2. The van der Waals surface area contributed by atoms with E-state index in [4.69, 9.17) is 14.6 Å². The number of halogens is 2. The molecule has 5 amide bonds. The summed E-state index contributed by atoms with van der Waals surface area (Å²) in [5.74, 6) is -1.80. The average Bonchev–Trinajstić information content (AvgIpc) is 3.92. The molecule has 9 rings (SSSR count). The molecule has 290 valence electrons. The number of aromatic nitrogens is 4. The van der Waals surface area contributed by atoms with Gasteiger partial charge in [-0.1, -0.05) is 0 Å². The number of amides is 5. The van der Waals surface area contributed by atoms with Gasteiger partial charge in [0.15, 0.2) is 5.82 Å². The van der Waals surface area contributed by atoms with Crippen molar-refractivity contribution < 1.29 is 42.2 Å². The van der Waals surface area contributed by atoms with Crippen LogP contribution in [0.4, 0.5) is 25.1 Å².